The first kappa shape index (κ1) is 13.1. The average Bonchev–Trinajstić information content (AvgIpc) is 2.42. The van der Waals surface area contributed by atoms with Crippen LogP contribution in [0.1, 0.15) is 59.3 Å². The first-order chi connectivity index (χ1) is 8.05. The molecular formula is C16H29N. The van der Waals surface area contributed by atoms with Crippen molar-refractivity contribution in [2.24, 2.45) is 11.3 Å². The van der Waals surface area contributed by atoms with Gasteiger partial charge in [-0.15, -0.1) is 0 Å². The molecule has 2 rings (SSSR count). The lowest BCUT2D eigenvalue weighted by molar-refractivity contribution is 0.232. The highest BCUT2D eigenvalue weighted by Crippen LogP contribution is 2.50. The molecular weight excluding hydrogens is 206 g/mol. The van der Waals surface area contributed by atoms with Gasteiger partial charge in [-0.1, -0.05) is 25.0 Å². The molecule has 1 spiro atoms. The fraction of sp³-hybridized carbons (Fsp3) is 0.875. The van der Waals surface area contributed by atoms with Crippen LogP contribution in [-0.2, 0) is 0 Å². The van der Waals surface area contributed by atoms with E-state index in [1.54, 1.807) is 5.57 Å². The Labute approximate surface area is 107 Å². The predicted molar refractivity (Wildman–Crippen MR) is 75.2 cm³/mol. The molecule has 0 aromatic rings. The number of rotatable bonds is 1. The summed E-state index contributed by atoms with van der Waals surface area (Å²) in [5, 5.41) is 0. The third-order valence-electron chi connectivity index (χ3n) is 4.98. The largest absolute Gasteiger partial charge is 0.306 e. The lowest BCUT2D eigenvalue weighted by Crippen LogP contribution is -2.31. The number of nitrogens with zero attached hydrogens (tertiary/aromatic N) is 1. The summed E-state index contributed by atoms with van der Waals surface area (Å²) in [6.07, 6.45) is 8.44. The van der Waals surface area contributed by atoms with Crippen molar-refractivity contribution in [2.45, 2.75) is 59.3 Å². The van der Waals surface area contributed by atoms with Crippen LogP contribution in [0.5, 0.6) is 0 Å². The molecule has 0 N–H and O–H groups in total. The zero-order chi connectivity index (χ0) is 12.5. The minimum Gasteiger partial charge on any atom is -0.306 e. The van der Waals surface area contributed by atoms with Crippen LogP contribution in [0.4, 0.5) is 0 Å². The van der Waals surface area contributed by atoms with E-state index in [1.165, 1.54) is 51.6 Å². The van der Waals surface area contributed by atoms with Gasteiger partial charge >= 0.3 is 0 Å². The van der Waals surface area contributed by atoms with Crippen LogP contribution >= 0.6 is 0 Å². The maximum atomic E-state index is 2.52. The summed E-state index contributed by atoms with van der Waals surface area (Å²) >= 11 is 0. The SMILES string of the molecule is CC1=C(C(C)C)C2(CCC1)CCCN(C)CC2. The van der Waals surface area contributed by atoms with E-state index in [2.05, 4.69) is 32.7 Å². The highest BCUT2D eigenvalue weighted by atomic mass is 15.1. The van der Waals surface area contributed by atoms with E-state index in [-0.39, 0.29) is 0 Å². The Morgan fingerprint density at radius 3 is 2.47 bits per heavy atom. The molecule has 1 saturated heterocycles. The second-order valence-electron chi connectivity index (χ2n) is 6.64. The summed E-state index contributed by atoms with van der Waals surface area (Å²) in [7, 11) is 2.29. The summed E-state index contributed by atoms with van der Waals surface area (Å²) < 4.78 is 0. The molecule has 1 unspecified atom stereocenters. The number of hydrogen-bond acceptors (Lipinski definition) is 1. The van der Waals surface area contributed by atoms with Gasteiger partial charge in [-0.3, -0.25) is 0 Å². The van der Waals surface area contributed by atoms with Crippen LogP contribution in [0.15, 0.2) is 11.1 Å². The molecule has 1 heteroatoms. The quantitative estimate of drug-likeness (QED) is 0.614. The maximum absolute atomic E-state index is 2.52. The second kappa shape index (κ2) is 5.14. The van der Waals surface area contributed by atoms with E-state index in [9.17, 15) is 0 Å². The van der Waals surface area contributed by atoms with Crippen molar-refractivity contribution in [2.75, 3.05) is 20.1 Å². The average molecular weight is 235 g/mol. The van der Waals surface area contributed by atoms with Gasteiger partial charge in [-0.25, -0.2) is 0 Å². The van der Waals surface area contributed by atoms with Crippen molar-refractivity contribution >= 4 is 0 Å². The van der Waals surface area contributed by atoms with E-state index in [1.807, 2.05) is 5.57 Å². The van der Waals surface area contributed by atoms with Gasteiger partial charge in [0.15, 0.2) is 0 Å². The first-order valence-electron chi connectivity index (χ1n) is 7.44. The van der Waals surface area contributed by atoms with Crippen molar-refractivity contribution in [1.29, 1.82) is 0 Å². The van der Waals surface area contributed by atoms with Crippen LogP contribution in [0.25, 0.3) is 0 Å². The number of allylic oxidation sites excluding steroid dienone is 2. The zero-order valence-corrected chi connectivity index (χ0v) is 12.2. The molecule has 0 bridgehead atoms. The zero-order valence-electron chi connectivity index (χ0n) is 12.2. The summed E-state index contributed by atoms with van der Waals surface area (Å²) in [5.74, 6) is 0.749. The molecule has 0 saturated carbocycles. The molecule has 0 radical (unpaired) electrons. The van der Waals surface area contributed by atoms with Gasteiger partial charge in [-0.2, -0.15) is 0 Å². The third kappa shape index (κ3) is 2.59. The minimum absolute atomic E-state index is 0.571. The van der Waals surface area contributed by atoms with Gasteiger partial charge in [0.2, 0.25) is 0 Å². The lowest BCUT2D eigenvalue weighted by Gasteiger charge is -2.42. The maximum Gasteiger partial charge on any atom is -0.00134 e. The van der Waals surface area contributed by atoms with Crippen molar-refractivity contribution in [1.82, 2.24) is 4.90 Å². The van der Waals surface area contributed by atoms with Gasteiger partial charge < -0.3 is 4.90 Å². The lowest BCUT2D eigenvalue weighted by atomic mass is 9.63. The van der Waals surface area contributed by atoms with Crippen molar-refractivity contribution in [3.8, 4) is 0 Å². The van der Waals surface area contributed by atoms with Crippen LogP contribution < -0.4 is 0 Å². The third-order valence-corrected chi connectivity index (χ3v) is 4.98. The molecule has 1 aliphatic heterocycles. The van der Waals surface area contributed by atoms with Crippen molar-refractivity contribution in [3.63, 3.8) is 0 Å². The fourth-order valence-corrected chi connectivity index (χ4v) is 4.37. The molecule has 1 atom stereocenters. The molecule has 0 amide bonds. The van der Waals surface area contributed by atoms with Gasteiger partial charge in [0, 0.05) is 0 Å². The second-order valence-corrected chi connectivity index (χ2v) is 6.64. The van der Waals surface area contributed by atoms with Gasteiger partial charge in [0.25, 0.3) is 0 Å². The van der Waals surface area contributed by atoms with E-state index in [4.69, 9.17) is 0 Å². The topological polar surface area (TPSA) is 3.24 Å². The highest BCUT2D eigenvalue weighted by Gasteiger charge is 2.39. The molecule has 98 valence electrons. The van der Waals surface area contributed by atoms with Crippen LogP contribution in [0.3, 0.4) is 0 Å². The van der Waals surface area contributed by atoms with Crippen LogP contribution in [-0.4, -0.2) is 25.0 Å². The van der Waals surface area contributed by atoms with Crippen LogP contribution in [0.2, 0.25) is 0 Å². The molecule has 1 heterocycles. The smallest absolute Gasteiger partial charge is 0.00134 e. The molecule has 1 nitrogen and oxygen atoms in total. The molecule has 0 aromatic heterocycles. The van der Waals surface area contributed by atoms with Gasteiger partial charge in [-0.05, 0) is 76.9 Å². The Hall–Kier alpha value is -0.300. The summed E-state index contributed by atoms with van der Waals surface area (Å²) in [4.78, 5) is 2.52. The highest BCUT2D eigenvalue weighted by molar-refractivity contribution is 5.26. The Morgan fingerprint density at radius 1 is 1.06 bits per heavy atom. The Morgan fingerprint density at radius 2 is 1.76 bits per heavy atom. The summed E-state index contributed by atoms with van der Waals surface area (Å²) in [6.45, 7) is 9.79. The summed E-state index contributed by atoms with van der Waals surface area (Å²) in [5.41, 5.74) is 4.12. The van der Waals surface area contributed by atoms with E-state index in [0.29, 0.717) is 5.41 Å². The van der Waals surface area contributed by atoms with Crippen molar-refractivity contribution in [3.05, 3.63) is 11.1 Å². The summed E-state index contributed by atoms with van der Waals surface area (Å²) in [6, 6.07) is 0. The standard InChI is InChI=1S/C16H29N/c1-13(2)15-14(3)7-5-8-16(15)9-6-11-17(4)12-10-16/h13H,5-12H2,1-4H3. The molecule has 17 heavy (non-hydrogen) atoms. The fourth-order valence-electron chi connectivity index (χ4n) is 4.37. The van der Waals surface area contributed by atoms with E-state index in [0.717, 1.165) is 5.92 Å². The van der Waals surface area contributed by atoms with E-state index >= 15 is 0 Å². The monoisotopic (exact) mass is 235 g/mol. The van der Waals surface area contributed by atoms with Crippen molar-refractivity contribution < 1.29 is 0 Å². The molecule has 0 aromatic carbocycles. The Bertz CT molecular complexity index is 303. The predicted octanol–water partition coefficient (Wildman–Crippen LogP) is 4.24. The number of likely N-dealkylation sites (tertiary alicyclic amines) is 1. The molecule has 1 aliphatic carbocycles. The van der Waals surface area contributed by atoms with Gasteiger partial charge in [0.05, 0.1) is 0 Å². The van der Waals surface area contributed by atoms with E-state index < -0.39 is 0 Å². The molecule has 1 fully saturated rings. The van der Waals surface area contributed by atoms with Crippen LogP contribution in [0, 0.1) is 11.3 Å². The number of hydrogen-bond donors (Lipinski definition) is 0. The Balaban J connectivity index is 2.30. The molecule has 2 aliphatic rings. The van der Waals surface area contributed by atoms with Gasteiger partial charge in [0.1, 0.15) is 0 Å². The first-order valence-corrected chi connectivity index (χ1v) is 7.44. The minimum atomic E-state index is 0.571. The Kier molecular flexibility index (Phi) is 3.97. The normalized spacial score (nSPS) is 32.3.